The van der Waals surface area contributed by atoms with Crippen LogP contribution in [0.1, 0.15) is 122 Å². The van der Waals surface area contributed by atoms with Gasteiger partial charge in [-0.25, -0.2) is 0 Å². The van der Waals surface area contributed by atoms with Crippen molar-refractivity contribution in [3.8, 4) is 0 Å². The molecule has 532 valence electrons. The fourth-order valence-corrected chi connectivity index (χ4v) is 12.6. The molecule has 13 unspecified atom stereocenters. The van der Waals surface area contributed by atoms with E-state index in [-0.39, 0.29) is 105 Å². The Morgan fingerprint density at radius 1 is 0.716 bits per heavy atom. The van der Waals surface area contributed by atoms with Gasteiger partial charge in [0.05, 0.1) is 54.9 Å². The highest BCUT2D eigenvalue weighted by Gasteiger charge is 2.54. The first-order chi connectivity index (χ1) is 45.5. The number of rotatable bonds is 23. The van der Waals surface area contributed by atoms with Crippen LogP contribution in [0.25, 0.3) is 0 Å². The molecule has 0 aliphatic carbocycles. The second-order valence-corrected chi connectivity index (χ2v) is 24.4. The number of allylic oxidation sites excluding steroid dienone is 12. The Balaban J connectivity index is 1.71. The maximum Gasteiger partial charge on any atom is 0.316 e. The monoisotopic (exact) mass is 1340 g/mol. The van der Waals surface area contributed by atoms with E-state index in [9.17, 15) is 34.1 Å². The second-order valence-electron chi connectivity index (χ2n) is 24.4. The number of anilines is 1. The predicted octanol–water partition coefficient (Wildman–Crippen LogP) is 9.74. The topological polar surface area (TPSA) is 282 Å². The van der Waals surface area contributed by atoms with E-state index in [0.29, 0.717) is 12.0 Å². The second kappa shape index (κ2) is 43.2. The predicted molar refractivity (Wildman–Crippen MR) is 356 cm³/mol. The van der Waals surface area contributed by atoms with E-state index in [1.54, 1.807) is 65.8 Å². The summed E-state index contributed by atoms with van der Waals surface area (Å²) in [6, 6.07) is 6.91. The maximum atomic E-state index is 14.4. The van der Waals surface area contributed by atoms with E-state index in [2.05, 4.69) is 15.5 Å². The first-order valence-electron chi connectivity index (χ1n) is 32.7. The van der Waals surface area contributed by atoms with Gasteiger partial charge in [0.25, 0.3) is 5.09 Å². The number of nitrogens with one attached hydrogen (secondary N) is 2. The molecule has 0 radical (unpaired) electrons. The first-order valence-corrected chi connectivity index (χ1v) is 32.7. The van der Waals surface area contributed by atoms with Crippen LogP contribution in [0.4, 0.5) is 5.69 Å². The average molecular weight is 1340 g/mol. The van der Waals surface area contributed by atoms with Gasteiger partial charge in [-0.3, -0.25) is 28.8 Å². The third kappa shape index (κ3) is 27.0. The minimum absolute atomic E-state index is 0.0197. The van der Waals surface area contributed by atoms with Gasteiger partial charge < -0.3 is 72.2 Å². The fraction of sp³-hybridized carbons (Fsp3) is 0.648. The van der Waals surface area contributed by atoms with Crippen molar-refractivity contribution in [3.05, 3.63) is 125 Å². The number of carbonyl (C=O) groups is 5. The number of ketones is 3. The van der Waals surface area contributed by atoms with Gasteiger partial charge in [-0.1, -0.05) is 106 Å². The van der Waals surface area contributed by atoms with Crippen molar-refractivity contribution in [1.29, 1.82) is 0 Å². The molecule has 2 fully saturated rings. The molecule has 1 aromatic carbocycles. The lowest BCUT2D eigenvalue weighted by Gasteiger charge is -2.48. The average Bonchev–Trinajstić information content (AvgIpc) is 0.777. The van der Waals surface area contributed by atoms with Crippen LogP contribution >= 0.6 is 0 Å². The fourth-order valence-electron chi connectivity index (χ4n) is 12.6. The highest BCUT2D eigenvalue weighted by molar-refractivity contribution is 5.97. The highest BCUT2D eigenvalue weighted by atomic mass is 17.0. The number of Topliss-reactive ketones (excluding diaryl/α,β-unsaturated/α-hetero) is 3. The molecule has 0 saturated carbocycles. The molecule has 24 heteroatoms. The van der Waals surface area contributed by atoms with Crippen molar-refractivity contribution in [3.63, 3.8) is 0 Å². The summed E-state index contributed by atoms with van der Waals surface area (Å²) >= 11 is 0. The molecule has 2 saturated heterocycles. The van der Waals surface area contributed by atoms with Gasteiger partial charge >= 0.3 is 11.9 Å². The maximum absolute atomic E-state index is 14.4. The molecule has 0 spiro atoms. The Morgan fingerprint density at radius 3 is 1.85 bits per heavy atom. The molecule has 3 aliphatic heterocycles. The zero-order valence-corrected chi connectivity index (χ0v) is 58.3. The first kappa shape index (κ1) is 81.3. The largest absolute Gasteiger partial charge is 0.461 e. The summed E-state index contributed by atoms with van der Waals surface area (Å²) in [7, 11) is 15.8. The zero-order chi connectivity index (χ0) is 70.0. The number of benzene rings is 1. The lowest BCUT2D eigenvalue weighted by Crippen LogP contribution is -2.63. The van der Waals surface area contributed by atoms with Crippen molar-refractivity contribution in [2.75, 3.05) is 76.3 Å². The molecule has 0 aromatic heterocycles. The van der Waals surface area contributed by atoms with Gasteiger partial charge in [0.1, 0.15) is 42.2 Å². The van der Waals surface area contributed by atoms with Crippen molar-refractivity contribution in [2.45, 2.75) is 203 Å². The molecular weight excluding hydrogens is 1230 g/mol. The van der Waals surface area contributed by atoms with E-state index >= 15 is 0 Å². The molecular formula is C71H107N3O21. The normalized spacial score (nSPS) is 32.9. The Labute approximate surface area is 561 Å². The van der Waals surface area contributed by atoms with Crippen molar-refractivity contribution in [2.24, 2.45) is 23.7 Å². The summed E-state index contributed by atoms with van der Waals surface area (Å²) in [5.41, 5.74) is 1.48. The van der Waals surface area contributed by atoms with Gasteiger partial charge in [-0.2, -0.15) is 0 Å². The molecule has 1 aromatic rings. The van der Waals surface area contributed by atoms with Crippen molar-refractivity contribution in [1.82, 2.24) is 5.32 Å². The lowest BCUT2D eigenvalue weighted by atomic mass is 9.82. The molecule has 2 bridgehead atoms. The Hall–Kier alpha value is -6.13. The number of ether oxygens (including phenoxy) is 13. The number of cyclic esters (lactones) is 1. The van der Waals surface area contributed by atoms with Gasteiger partial charge in [0, 0.05) is 139 Å². The number of hydrogen-bond acceptors (Lipinski definition) is 23. The van der Waals surface area contributed by atoms with Crippen LogP contribution in [0.15, 0.2) is 109 Å². The van der Waals surface area contributed by atoms with E-state index in [0.717, 1.165) is 5.69 Å². The molecule has 3 heterocycles. The summed E-state index contributed by atoms with van der Waals surface area (Å²) in [5.74, 6) is -5.43. The number of methoxy groups -OCH3 is 8. The standard InChI is InChI=1S/C71H107N3O21/c1-46-29-26-24-22-20-18-16-17-19-21-23-25-27-32-55(92-70-68(88-14)65(73-7)67(87-13)49(4)90-70)42-61-64(69(79)91-50(5)95-74(80)81)62(86-12)45-71(89-15,94-61)44-58(84-10)41-57(83-9)40-56(82-8)38-53(75)30-28-31-54(76)39-63(78)93-66(46)48(3)37-47(2)60(85-11)43-59(77)51-33-35-52(72-6)36-34-51/h16-27,29,32-36,46-50,55-58,60-62,64-68,70,72-73H,28,30-31,37-45H2,1-15H3/b17-16+,20-18+,21-19+,24-22+,25-23+,29-26+,32-27+/t46?,47?,48?,49-,50?,55+,56?,57?,58?,60?,61?,62?,64?,65+,66?,67-,68+,70+,71?/m1/s1. The molecule has 0 amide bonds. The van der Waals surface area contributed by atoms with Crippen LogP contribution in [-0.4, -0.2) is 197 Å². The van der Waals surface area contributed by atoms with Crippen LogP contribution < -0.4 is 10.6 Å². The molecule has 24 nitrogen and oxygen atoms in total. The van der Waals surface area contributed by atoms with E-state index in [1.165, 1.54) is 35.4 Å². The Kier molecular flexibility index (Phi) is 37.0. The van der Waals surface area contributed by atoms with Crippen LogP contribution in [0, 0.1) is 33.8 Å². The summed E-state index contributed by atoms with van der Waals surface area (Å²) in [5, 5.41) is 16.7. The summed E-state index contributed by atoms with van der Waals surface area (Å²) < 4.78 is 80.0. The van der Waals surface area contributed by atoms with Gasteiger partial charge in [0.2, 0.25) is 6.29 Å². The molecule has 19 atom stereocenters. The quantitative estimate of drug-likeness (QED) is 0.0257. The number of fused-ring (bicyclic) bond motifs is 2. The minimum Gasteiger partial charge on any atom is -0.461 e. The van der Waals surface area contributed by atoms with Crippen LogP contribution in [0.5, 0.6) is 0 Å². The van der Waals surface area contributed by atoms with Crippen molar-refractivity contribution < 1.29 is 95.5 Å². The van der Waals surface area contributed by atoms with Crippen LogP contribution in [0.2, 0.25) is 0 Å². The van der Waals surface area contributed by atoms with Gasteiger partial charge in [-0.15, -0.1) is 10.1 Å². The van der Waals surface area contributed by atoms with Gasteiger partial charge in [0.15, 0.2) is 17.9 Å². The molecule has 2 N–H and O–H groups in total. The Morgan fingerprint density at radius 2 is 1.31 bits per heavy atom. The zero-order valence-electron chi connectivity index (χ0n) is 58.3. The Bertz CT molecular complexity index is 2720. The molecule has 4 rings (SSSR count). The summed E-state index contributed by atoms with van der Waals surface area (Å²) in [6.45, 7) is 9.05. The number of likely N-dealkylation sites (N-methyl/N-ethyl adjacent to an activating group) is 1. The number of esters is 2. The van der Waals surface area contributed by atoms with E-state index < -0.39 is 115 Å². The minimum atomic E-state index is -1.59. The third-order valence-corrected chi connectivity index (χ3v) is 17.8. The summed E-state index contributed by atoms with van der Waals surface area (Å²) in [4.78, 5) is 84.3. The number of hydrogen-bond donors (Lipinski definition) is 2. The SMILES string of the molecule is CNc1ccc(C(=O)CC(OC)C(C)CC(C)C2OC(=O)CC(=O)CCCC(=O)CC(OC)CC(OC)CC(OC)CC3(OC)CC(OC)C(C(=O)OC(C)O[N+](=O)[O-])C(C[C@@H](O[C@@H]4O[C@H](C)[C@@H](OC)[C@H](NC)[C@@H]4OC)/C=C/C=C/C=C/C=C/C=C/C=C/C=C/C2C)O3)cc1. The van der Waals surface area contributed by atoms with Crippen molar-refractivity contribution >= 4 is 35.0 Å². The highest BCUT2D eigenvalue weighted by Crippen LogP contribution is 2.42. The van der Waals surface area contributed by atoms with E-state index in [4.69, 9.17) is 61.6 Å². The molecule has 3 aliphatic rings. The smallest absolute Gasteiger partial charge is 0.316 e. The van der Waals surface area contributed by atoms with Crippen LogP contribution in [0.3, 0.4) is 0 Å². The van der Waals surface area contributed by atoms with Crippen LogP contribution in [-0.2, 0) is 85.6 Å². The summed E-state index contributed by atoms with van der Waals surface area (Å²) in [6.07, 6.45) is 17.1. The number of carbonyl (C=O) groups excluding carboxylic acids is 5. The number of nitrogens with zero attached hydrogens (tertiary/aromatic N) is 1. The molecule has 95 heavy (non-hydrogen) atoms. The van der Waals surface area contributed by atoms with E-state index in [1.807, 2.05) is 114 Å². The van der Waals surface area contributed by atoms with Gasteiger partial charge in [-0.05, 0) is 69.8 Å². The third-order valence-electron chi connectivity index (χ3n) is 17.8. The lowest BCUT2D eigenvalue weighted by molar-refractivity contribution is -0.777.